The van der Waals surface area contributed by atoms with Gasteiger partial charge in [-0.3, -0.25) is 9.59 Å². The van der Waals surface area contributed by atoms with Crippen molar-refractivity contribution in [3.63, 3.8) is 0 Å². The number of ether oxygens (including phenoxy) is 1. The molecule has 1 saturated heterocycles. The molecule has 0 bridgehead atoms. The molecule has 6 nitrogen and oxygen atoms in total. The van der Waals surface area contributed by atoms with Crippen LogP contribution in [0.5, 0.6) is 5.75 Å². The molecule has 2 aromatic rings. The fraction of sp³-hybridized carbons (Fsp3) is 0.280. The number of likely N-dealkylation sites (tertiary alicyclic amines) is 1. The predicted octanol–water partition coefficient (Wildman–Crippen LogP) is 4.31. The van der Waals surface area contributed by atoms with Gasteiger partial charge in [0.25, 0.3) is 11.7 Å². The summed E-state index contributed by atoms with van der Waals surface area (Å²) in [5.41, 5.74) is 2.08. The van der Waals surface area contributed by atoms with Crippen molar-refractivity contribution >= 4 is 33.4 Å². The zero-order valence-corrected chi connectivity index (χ0v) is 20.1. The number of hydrogen-bond acceptors (Lipinski definition) is 5. The number of carbonyl (C=O) groups excluding carboxylic acids is 2. The van der Waals surface area contributed by atoms with E-state index in [1.165, 1.54) is 4.90 Å². The van der Waals surface area contributed by atoms with E-state index in [4.69, 9.17) is 4.74 Å². The van der Waals surface area contributed by atoms with Crippen LogP contribution in [0, 0.1) is 6.92 Å². The Bertz CT molecular complexity index is 1060. The molecule has 0 aliphatic carbocycles. The maximum absolute atomic E-state index is 13.1. The molecule has 1 aliphatic heterocycles. The monoisotopic (exact) mass is 498 g/mol. The Labute approximate surface area is 196 Å². The van der Waals surface area contributed by atoms with Crippen molar-refractivity contribution in [2.75, 3.05) is 33.8 Å². The lowest BCUT2D eigenvalue weighted by atomic mass is 9.94. The van der Waals surface area contributed by atoms with Gasteiger partial charge in [-0.05, 0) is 62.5 Å². The lowest BCUT2D eigenvalue weighted by Crippen LogP contribution is -2.35. The molecule has 7 heteroatoms. The standard InChI is InChI=1S/C25H27BrN2O4/c1-5-14-32-19-10-11-20(16(2)15-19)23(29)21-22(17-6-8-18(26)9-7-17)28(13-12-27(3)4)25(31)24(21)30/h5-11,15,22,29H,1,12-14H2,2-4H3/b23-21-. The first-order chi connectivity index (χ1) is 15.2. The van der Waals surface area contributed by atoms with Crippen LogP contribution in [-0.2, 0) is 9.59 Å². The van der Waals surface area contributed by atoms with E-state index in [9.17, 15) is 14.7 Å². The average Bonchev–Trinajstić information content (AvgIpc) is 3.01. The van der Waals surface area contributed by atoms with E-state index >= 15 is 0 Å². The smallest absolute Gasteiger partial charge is 0.295 e. The molecule has 1 fully saturated rings. The number of aryl methyl sites for hydroxylation is 1. The Balaban J connectivity index is 2.11. The first-order valence-corrected chi connectivity index (χ1v) is 11.1. The van der Waals surface area contributed by atoms with Gasteiger partial charge in [-0.25, -0.2) is 0 Å². The van der Waals surface area contributed by atoms with Crippen LogP contribution < -0.4 is 4.74 Å². The maximum Gasteiger partial charge on any atom is 0.295 e. The van der Waals surface area contributed by atoms with Crippen molar-refractivity contribution in [1.82, 2.24) is 9.80 Å². The molecule has 0 spiro atoms. The van der Waals surface area contributed by atoms with Crippen LogP contribution in [0.25, 0.3) is 5.76 Å². The average molecular weight is 499 g/mol. The number of halogens is 1. The highest BCUT2D eigenvalue weighted by Crippen LogP contribution is 2.40. The lowest BCUT2D eigenvalue weighted by Gasteiger charge is -2.26. The number of Topliss-reactive ketones (excluding diaryl/α,β-unsaturated/α-hetero) is 1. The quantitative estimate of drug-likeness (QED) is 0.254. The van der Waals surface area contributed by atoms with Gasteiger partial charge in [0.1, 0.15) is 18.1 Å². The highest BCUT2D eigenvalue weighted by molar-refractivity contribution is 9.10. The largest absolute Gasteiger partial charge is 0.507 e. The molecule has 1 atom stereocenters. The predicted molar refractivity (Wildman–Crippen MR) is 129 cm³/mol. The van der Waals surface area contributed by atoms with Crippen molar-refractivity contribution in [2.24, 2.45) is 0 Å². The third kappa shape index (κ3) is 4.95. The van der Waals surface area contributed by atoms with E-state index in [2.05, 4.69) is 22.5 Å². The zero-order valence-electron chi connectivity index (χ0n) is 18.5. The van der Waals surface area contributed by atoms with E-state index in [-0.39, 0.29) is 11.3 Å². The van der Waals surface area contributed by atoms with Crippen LogP contribution in [0.3, 0.4) is 0 Å². The second kappa shape index (κ2) is 10.1. The number of ketones is 1. The van der Waals surface area contributed by atoms with Crippen molar-refractivity contribution in [3.05, 3.63) is 81.9 Å². The van der Waals surface area contributed by atoms with Gasteiger partial charge in [0.2, 0.25) is 0 Å². The molecule has 0 saturated carbocycles. The van der Waals surface area contributed by atoms with Crippen LogP contribution >= 0.6 is 15.9 Å². The highest BCUT2D eigenvalue weighted by Gasteiger charge is 2.46. The van der Waals surface area contributed by atoms with E-state index in [1.54, 1.807) is 24.3 Å². The third-order valence-electron chi connectivity index (χ3n) is 5.33. The summed E-state index contributed by atoms with van der Waals surface area (Å²) in [4.78, 5) is 29.5. The summed E-state index contributed by atoms with van der Waals surface area (Å²) < 4.78 is 6.44. The SMILES string of the molecule is C=CCOc1ccc(/C(O)=C2/C(=O)C(=O)N(CCN(C)C)C2c2ccc(Br)cc2)c(C)c1. The first kappa shape index (κ1) is 23.8. The molecular formula is C25H27BrN2O4. The number of aliphatic hydroxyl groups excluding tert-OH is 1. The highest BCUT2D eigenvalue weighted by atomic mass is 79.9. The Hall–Kier alpha value is -2.90. The molecule has 2 aromatic carbocycles. The van der Waals surface area contributed by atoms with Crippen molar-refractivity contribution in [3.8, 4) is 5.75 Å². The van der Waals surface area contributed by atoms with Crippen LogP contribution in [0.15, 0.2) is 65.2 Å². The summed E-state index contributed by atoms with van der Waals surface area (Å²) in [6.45, 7) is 6.78. The summed E-state index contributed by atoms with van der Waals surface area (Å²) in [6.07, 6.45) is 1.65. The number of likely N-dealkylation sites (N-methyl/N-ethyl adjacent to an activating group) is 1. The molecule has 1 aliphatic rings. The number of rotatable bonds is 8. The van der Waals surface area contributed by atoms with Crippen molar-refractivity contribution < 1.29 is 19.4 Å². The summed E-state index contributed by atoms with van der Waals surface area (Å²) in [5, 5.41) is 11.2. The normalized spacial score (nSPS) is 17.8. The molecule has 0 radical (unpaired) electrons. The van der Waals surface area contributed by atoms with Gasteiger partial charge in [-0.15, -0.1) is 0 Å². The molecule has 1 heterocycles. The van der Waals surface area contributed by atoms with Crippen LogP contribution in [-0.4, -0.2) is 60.4 Å². The summed E-state index contributed by atoms with van der Waals surface area (Å²) >= 11 is 3.42. The molecule has 1 amide bonds. The minimum atomic E-state index is -0.680. The Morgan fingerprint density at radius 1 is 1.22 bits per heavy atom. The van der Waals surface area contributed by atoms with Crippen molar-refractivity contribution in [1.29, 1.82) is 0 Å². The number of hydrogen-bond donors (Lipinski definition) is 1. The lowest BCUT2D eigenvalue weighted by molar-refractivity contribution is -0.140. The van der Waals surface area contributed by atoms with Crippen LogP contribution in [0.1, 0.15) is 22.7 Å². The Morgan fingerprint density at radius 3 is 2.50 bits per heavy atom. The van der Waals surface area contributed by atoms with Crippen molar-refractivity contribution in [2.45, 2.75) is 13.0 Å². The van der Waals surface area contributed by atoms with E-state index < -0.39 is 17.7 Å². The number of benzene rings is 2. The fourth-order valence-electron chi connectivity index (χ4n) is 3.70. The minimum absolute atomic E-state index is 0.0962. The summed E-state index contributed by atoms with van der Waals surface area (Å²) in [5.74, 6) is -0.836. The Morgan fingerprint density at radius 2 is 1.91 bits per heavy atom. The van der Waals surface area contributed by atoms with Crippen LogP contribution in [0.4, 0.5) is 0 Å². The second-order valence-electron chi connectivity index (χ2n) is 7.92. The molecule has 168 valence electrons. The molecule has 1 unspecified atom stereocenters. The molecule has 32 heavy (non-hydrogen) atoms. The molecule has 3 rings (SSSR count). The number of amides is 1. The minimum Gasteiger partial charge on any atom is -0.507 e. The maximum atomic E-state index is 13.1. The molecule has 1 N–H and O–H groups in total. The van der Waals surface area contributed by atoms with Crippen LogP contribution in [0.2, 0.25) is 0 Å². The van der Waals surface area contributed by atoms with E-state index in [0.717, 1.165) is 15.6 Å². The molecule has 0 aromatic heterocycles. The van der Waals surface area contributed by atoms with Gasteiger partial charge in [0.15, 0.2) is 0 Å². The van der Waals surface area contributed by atoms with Gasteiger partial charge >= 0.3 is 0 Å². The van der Waals surface area contributed by atoms with Gasteiger partial charge < -0.3 is 19.6 Å². The van der Waals surface area contributed by atoms with Gasteiger partial charge in [-0.2, -0.15) is 0 Å². The van der Waals surface area contributed by atoms with E-state index in [1.807, 2.05) is 50.2 Å². The molecular weight excluding hydrogens is 472 g/mol. The van der Waals surface area contributed by atoms with Gasteiger partial charge in [-0.1, -0.05) is 40.7 Å². The number of nitrogens with zero attached hydrogens (tertiary/aromatic N) is 2. The van der Waals surface area contributed by atoms with Gasteiger partial charge in [0.05, 0.1) is 11.6 Å². The first-order valence-electron chi connectivity index (χ1n) is 10.3. The van der Waals surface area contributed by atoms with E-state index in [0.29, 0.717) is 31.0 Å². The van der Waals surface area contributed by atoms with Gasteiger partial charge in [0, 0.05) is 23.1 Å². The zero-order chi connectivity index (χ0) is 23.4. The number of aliphatic hydroxyl groups is 1. The summed E-state index contributed by atoms with van der Waals surface area (Å²) in [7, 11) is 3.81. The Kier molecular flexibility index (Phi) is 7.53. The second-order valence-corrected chi connectivity index (χ2v) is 8.84. The fourth-order valence-corrected chi connectivity index (χ4v) is 3.97. The topological polar surface area (TPSA) is 70.1 Å². The summed E-state index contributed by atoms with van der Waals surface area (Å²) in [6, 6.07) is 12.0. The number of carbonyl (C=O) groups is 2. The third-order valence-corrected chi connectivity index (χ3v) is 5.86.